The SMILES string of the molecule is N#CCCNc1ccc([N+](=O)[O-])cc1C#N. The molecule has 1 aromatic rings. The lowest BCUT2D eigenvalue weighted by Gasteiger charge is -2.05. The van der Waals surface area contributed by atoms with Crippen molar-refractivity contribution in [2.75, 3.05) is 11.9 Å². The van der Waals surface area contributed by atoms with E-state index in [0.717, 1.165) is 0 Å². The van der Waals surface area contributed by atoms with Crippen molar-refractivity contribution < 1.29 is 4.92 Å². The van der Waals surface area contributed by atoms with Crippen molar-refractivity contribution in [2.45, 2.75) is 6.42 Å². The summed E-state index contributed by atoms with van der Waals surface area (Å²) in [6.45, 7) is 0.406. The van der Waals surface area contributed by atoms with Gasteiger partial charge in [-0.25, -0.2) is 0 Å². The number of benzene rings is 1. The number of nitro groups is 1. The van der Waals surface area contributed by atoms with Crippen molar-refractivity contribution >= 4 is 11.4 Å². The van der Waals surface area contributed by atoms with Crippen molar-refractivity contribution in [2.24, 2.45) is 0 Å². The summed E-state index contributed by atoms with van der Waals surface area (Å²) in [5, 5.41) is 30.5. The van der Waals surface area contributed by atoms with Crippen molar-refractivity contribution in [1.29, 1.82) is 10.5 Å². The van der Waals surface area contributed by atoms with E-state index in [-0.39, 0.29) is 11.3 Å². The molecule has 1 rings (SSSR count). The van der Waals surface area contributed by atoms with E-state index in [2.05, 4.69) is 5.32 Å². The van der Waals surface area contributed by atoms with Gasteiger partial charge in [0.2, 0.25) is 0 Å². The lowest BCUT2D eigenvalue weighted by molar-refractivity contribution is -0.384. The number of nitro benzene ring substituents is 1. The molecule has 1 N–H and O–H groups in total. The van der Waals surface area contributed by atoms with Gasteiger partial charge in [-0.05, 0) is 6.07 Å². The Morgan fingerprint density at radius 1 is 1.44 bits per heavy atom. The van der Waals surface area contributed by atoms with E-state index in [4.69, 9.17) is 10.5 Å². The van der Waals surface area contributed by atoms with Crippen molar-refractivity contribution in [3.05, 3.63) is 33.9 Å². The molecule has 0 amide bonds. The summed E-state index contributed by atoms with van der Waals surface area (Å²) in [4.78, 5) is 9.92. The Bertz CT molecular complexity index is 485. The second kappa shape index (κ2) is 5.32. The van der Waals surface area contributed by atoms with Crippen molar-refractivity contribution in [1.82, 2.24) is 0 Å². The van der Waals surface area contributed by atoms with E-state index < -0.39 is 4.92 Å². The molecular formula is C10H8N4O2. The fraction of sp³-hybridized carbons (Fsp3) is 0.200. The Morgan fingerprint density at radius 3 is 2.75 bits per heavy atom. The van der Waals surface area contributed by atoms with Crippen molar-refractivity contribution in [3.63, 3.8) is 0 Å². The third kappa shape index (κ3) is 2.69. The first-order valence-corrected chi connectivity index (χ1v) is 4.48. The van der Waals surface area contributed by atoms with Gasteiger partial charge in [0, 0.05) is 18.7 Å². The summed E-state index contributed by atoms with van der Waals surface area (Å²) < 4.78 is 0. The Balaban J connectivity index is 2.91. The van der Waals surface area contributed by atoms with E-state index in [0.29, 0.717) is 18.7 Å². The van der Waals surface area contributed by atoms with Crippen LogP contribution >= 0.6 is 0 Å². The second-order valence-corrected chi connectivity index (χ2v) is 2.93. The molecule has 0 aliphatic rings. The molecule has 0 radical (unpaired) electrons. The quantitative estimate of drug-likeness (QED) is 0.469. The van der Waals surface area contributed by atoms with Crippen LogP contribution in [-0.2, 0) is 0 Å². The predicted octanol–water partition coefficient (Wildman–Crippen LogP) is 1.79. The summed E-state index contributed by atoms with van der Waals surface area (Å²) in [6.07, 6.45) is 0.307. The molecule has 0 unspecified atom stereocenters. The van der Waals surface area contributed by atoms with Gasteiger partial charge in [0.15, 0.2) is 0 Å². The average molecular weight is 216 g/mol. The second-order valence-electron chi connectivity index (χ2n) is 2.93. The highest BCUT2D eigenvalue weighted by Gasteiger charge is 2.09. The smallest absolute Gasteiger partial charge is 0.270 e. The zero-order valence-electron chi connectivity index (χ0n) is 8.30. The van der Waals surface area contributed by atoms with E-state index in [1.807, 2.05) is 12.1 Å². The molecule has 0 bridgehead atoms. The zero-order valence-corrected chi connectivity index (χ0v) is 8.30. The fourth-order valence-corrected chi connectivity index (χ4v) is 1.15. The maximum atomic E-state index is 10.5. The summed E-state index contributed by atoms with van der Waals surface area (Å²) >= 11 is 0. The predicted molar refractivity (Wildman–Crippen MR) is 56.5 cm³/mol. The molecule has 80 valence electrons. The van der Waals surface area contributed by atoms with Gasteiger partial charge in [0.05, 0.1) is 28.7 Å². The lowest BCUT2D eigenvalue weighted by atomic mass is 10.1. The molecule has 0 saturated carbocycles. The third-order valence-electron chi connectivity index (χ3n) is 1.89. The lowest BCUT2D eigenvalue weighted by Crippen LogP contribution is -2.02. The van der Waals surface area contributed by atoms with Gasteiger partial charge in [-0.3, -0.25) is 10.1 Å². The van der Waals surface area contributed by atoms with Crippen LogP contribution in [0.1, 0.15) is 12.0 Å². The van der Waals surface area contributed by atoms with Crippen LogP contribution in [-0.4, -0.2) is 11.5 Å². The van der Waals surface area contributed by atoms with Crippen LogP contribution in [0.5, 0.6) is 0 Å². The van der Waals surface area contributed by atoms with Crippen LogP contribution in [0.2, 0.25) is 0 Å². The number of nitrogens with zero attached hydrogens (tertiary/aromatic N) is 3. The molecule has 1 aromatic carbocycles. The summed E-state index contributed by atoms with van der Waals surface area (Å²) in [5.74, 6) is 0. The van der Waals surface area contributed by atoms with Gasteiger partial charge < -0.3 is 5.32 Å². The first kappa shape index (κ1) is 11.5. The maximum Gasteiger partial charge on any atom is 0.270 e. The standard InChI is InChI=1S/C10H8N4O2/c11-4-1-5-13-10-3-2-9(14(15)16)6-8(10)7-12/h2-3,6,13H,1,5H2. The number of hydrogen-bond donors (Lipinski definition) is 1. The molecule has 0 saturated heterocycles. The first-order valence-electron chi connectivity index (χ1n) is 4.48. The van der Waals surface area contributed by atoms with E-state index in [9.17, 15) is 10.1 Å². The molecule has 6 nitrogen and oxygen atoms in total. The molecule has 0 aliphatic carbocycles. The van der Waals surface area contributed by atoms with Gasteiger partial charge in [-0.1, -0.05) is 0 Å². The van der Waals surface area contributed by atoms with Crippen molar-refractivity contribution in [3.8, 4) is 12.1 Å². The highest BCUT2D eigenvalue weighted by molar-refractivity contribution is 5.61. The van der Waals surface area contributed by atoms with E-state index in [1.165, 1.54) is 18.2 Å². The van der Waals surface area contributed by atoms with Crippen LogP contribution in [0.25, 0.3) is 0 Å². The summed E-state index contributed by atoms with van der Waals surface area (Å²) in [6, 6.07) is 7.80. The molecule has 6 heteroatoms. The monoisotopic (exact) mass is 216 g/mol. The van der Waals surface area contributed by atoms with Crippen LogP contribution in [0.4, 0.5) is 11.4 Å². The molecule has 0 aromatic heterocycles. The number of hydrogen-bond acceptors (Lipinski definition) is 5. The van der Waals surface area contributed by atoms with Crippen LogP contribution in [0, 0.1) is 32.8 Å². The Labute approximate surface area is 91.9 Å². The largest absolute Gasteiger partial charge is 0.383 e. The first-order chi connectivity index (χ1) is 7.69. The Morgan fingerprint density at radius 2 is 2.19 bits per heavy atom. The molecule has 16 heavy (non-hydrogen) atoms. The minimum Gasteiger partial charge on any atom is -0.383 e. The van der Waals surface area contributed by atoms with E-state index >= 15 is 0 Å². The van der Waals surface area contributed by atoms with Crippen LogP contribution < -0.4 is 5.32 Å². The van der Waals surface area contributed by atoms with Gasteiger partial charge in [0.1, 0.15) is 6.07 Å². The highest BCUT2D eigenvalue weighted by Crippen LogP contribution is 2.21. The van der Waals surface area contributed by atoms with Gasteiger partial charge >= 0.3 is 0 Å². The van der Waals surface area contributed by atoms with Gasteiger partial charge in [0.25, 0.3) is 5.69 Å². The van der Waals surface area contributed by atoms with Gasteiger partial charge in [-0.2, -0.15) is 10.5 Å². The molecular weight excluding hydrogens is 208 g/mol. The van der Waals surface area contributed by atoms with Crippen LogP contribution in [0.3, 0.4) is 0 Å². The number of anilines is 1. The fourth-order valence-electron chi connectivity index (χ4n) is 1.15. The van der Waals surface area contributed by atoms with E-state index in [1.54, 1.807) is 0 Å². The highest BCUT2D eigenvalue weighted by atomic mass is 16.6. The number of non-ortho nitro benzene ring substituents is 1. The molecule has 0 heterocycles. The molecule has 0 fully saturated rings. The summed E-state index contributed by atoms with van der Waals surface area (Å²) in [5.41, 5.74) is 0.581. The van der Waals surface area contributed by atoms with Crippen LogP contribution in [0.15, 0.2) is 18.2 Å². The number of rotatable bonds is 4. The summed E-state index contributed by atoms with van der Waals surface area (Å²) in [7, 11) is 0. The minimum atomic E-state index is -0.556. The normalized spacial score (nSPS) is 8.88. The topological polar surface area (TPSA) is 103 Å². The van der Waals surface area contributed by atoms with Gasteiger partial charge in [-0.15, -0.1) is 0 Å². The molecule has 0 aliphatic heterocycles. The number of nitrogens with one attached hydrogen (secondary N) is 1. The third-order valence-corrected chi connectivity index (χ3v) is 1.89. The Kier molecular flexibility index (Phi) is 3.82. The number of nitriles is 2. The zero-order chi connectivity index (χ0) is 12.0. The molecule has 0 spiro atoms. The molecule has 0 atom stereocenters. The maximum absolute atomic E-state index is 10.5. The average Bonchev–Trinajstić information content (AvgIpc) is 2.29. The minimum absolute atomic E-state index is 0.123. The Hall–Kier alpha value is -2.60.